The van der Waals surface area contributed by atoms with Crippen molar-refractivity contribution in [1.82, 2.24) is 10.2 Å². The molecule has 39 heavy (non-hydrogen) atoms. The van der Waals surface area contributed by atoms with Gasteiger partial charge in [-0.25, -0.2) is 8.42 Å². The lowest BCUT2D eigenvalue weighted by atomic mass is 10.1. The first-order valence-corrected chi connectivity index (χ1v) is 15.0. The van der Waals surface area contributed by atoms with Crippen molar-refractivity contribution in [1.29, 1.82) is 0 Å². The molecule has 0 fully saturated rings. The first-order chi connectivity index (χ1) is 18.7. The first-order valence-electron chi connectivity index (χ1n) is 12.8. The monoisotopic (exact) mass is 615 g/mol. The van der Waals surface area contributed by atoms with Gasteiger partial charge in [-0.3, -0.25) is 13.9 Å². The minimum atomic E-state index is -4.13. The second-order valence-electron chi connectivity index (χ2n) is 8.87. The number of sulfonamides is 1. The highest BCUT2D eigenvalue weighted by Crippen LogP contribution is 2.26. The molecule has 1 atom stereocenters. The second-order valence-corrected chi connectivity index (χ2v) is 11.6. The number of nitrogens with zero attached hydrogens (tertiary/aromatic N) is 2. The zero-order chi connectivity index (χ0) is 28.4. The summed E-state index contributed by atoms with van der Waals surface area (Å²) in [6.07, 6.45) is 0.751. The van der Waals surface area contributed by atoms with Gasteiger partial charge in [-0.2, -0.15) is 0 Å². The number of ether oxygens (including phenoxy) is 1. The topological polar surface area (TPSA) is 96.0 Å². The van der Waals surface area contributed by atoms with Gasteiger partial charge in [0.05, 0.1) is 17.2 Å². The van der Waals surface area contributed by atoms with Crippen LogP contribution in [0.1, 0.15) is 32.8 Å². The largest absolute Gasteiger partial charge is 0.494 e. The second kappa shape index (κ2) is 14.1. The first kappa shape index (κ1) is 30.2. The highest BCUT2D eigenvalue weighted by Gasteiger charge is 2.32. The molecule has 2 amide bonds. The standard InChI is InChI=1S/C29H34BrN3O5S/c1-4-19-31-29(35)22(3)32(20-23-11-13-24(30)14-12-23)28(34)21-33(25-9-7-6-8-10-25)39(36,37)27-17-15-26(16-18-27)38-5-2/h6-18,22H,4-5,19-21H2,1-3H3,(H,31,35). The molecule has 3 rings (SSSR count). The molecule has 10 heteroatoms. The number of hydrogen-bond acceptors (Lipinski definition) is 5. The van der Waals surface area contributed by atoms with E-state index in [1.807, 2.05) is 38.1 Å². The van der Waals surface area contributed by atoms with E-state index in [0.717, 1.165) is 20.8 Å². The van der Waals surface area contributed by atoms with Crippen molar-refractivity contribution in [2.75, 3.05) is 24.0 Å². The van der Waals surface area contributed by atoms with Crippen LogP contribution in [-0.4, -0.2) is 50.9 Å². The molecule has 3 aromatic rings. The highest BCUT2D eigenvalue weighted by atomic mass is 79.9. The third-order valence-electron chi connectivity index (χ3n) is 6.03. The Morgan fingerprint density at radius 2 is 1.59 bits per heavy atom. The summed E-state index contributed by atoms with van der Waals surface area (Å²) in [6.45, 7) is 6.02. The van der Waals surface area contributed by atoms with Crippen LogP contribution < -0.4 is 14.4 Å². The molecule has 0 saturated heterocycles. The van der Waals surface area contributed by atoms with Crippen LogP contribution in [-0.2, 0) is 26.2 Å². The Bertz CT molecular complexity index is 1330. The van der Waals surface area contributed by atoms with Gasteiger partial charge in [0.15, 0.2) is 0 Å². The lowest BCUT2D eigenvalue weighted by molar-refractivity contribution is -0.139. The maximum atomic E-state index is 13.8. The van der Waals surface area contributed by atoms with Crippen LogP contribution in [0, 0.1) is 0 Å². The number of benzene rings is 3. The van der Waals surface area contributed by atoms with Crippen LogP contribution in [0.15, 0.2) is 88.2 Å². The Balaban J connectivity index is 1.97. The van der Waals surface area contributed by atoms with Crippen molar-refractivity contribution >= 4 is 43.5 Å². The minimum Gasteiger partial charge on any atom is -0.494 e. The molecule has 8 nitrogen and oxygen atoms in total. The van der Waals surface area contributed by atoms with E-state index in [4.69, 9.17) is 4.74 Å². The van der Waals surface area contributed by atoms with Crippen LogP contribution in [0.25, 0.3) is 0 Å². The maximum Gasteiger partial charge on any atom is 0.264 e. The van der Waals surface area contributed by atoms with E-state index in [-0.39, 0.29) is 17.3 Å². The number of halogens is 1. The van der Waals surface area contributed by atoms with E-state index in [1.165, 1.54) is 17.0 Å². The average molecular weight is 617 g/mol. The normalized spacial score (nSPS) is 11.9. The van der Waals surface area contributed by atoms with Crippen molar-refractivity contribution in [3.63, 3.8) is 0 Å². The number of carbonyl (C=O) groups is 2. The fraction of sp³-hybridized carbons (Fsp3) is 0.310. The molecule has 0 aliphatic carbocycles. The molecule has 0 radical (unpaired) electrons. The van der Waals surface area contributed by atoms with Gasteiger partial charge in [0, 0.05) is 17.6 Å². The van der Waals surface area contributed by atoms with Crippen molar-refractivity contribution in [2.45, 2.75) is 44.7 Å². The average Bonchev–Trinajstić information content (AvgIpc) is 2.94. The summed E-state index contributed by atoms with van der Waals surface area (Å²) in [5, 5.41) is 2.83. The Morgan fingerprint density at radius 1 is 0.949 bits per heavy atom. The van der Waals surface area contributed by atoms with Gasteiger partial charge in [0.25, 0.3) is 10.0 Å². The Kier molecular flexibility index (Phi) is 10.9. The summed E-state index contributed by atoms with van der Waals surface area (Å²) in [5.74, 6) is -0.259. The third-order valence-corrected chi connectivity index (χ3v) is 8.35. The molecule has 0 aliphatic rings. The molecular formula is C29H34BrN3O5S. The van der Waals surface area contributed by atoms with Gasteiger partial charge in [0.1, 0.15) is 18.3 Å². The SMILES string of the molecule is CCCNC(=O)C(C)N(Cc1ccc(Br)cc1)C(=O)CN(c1ccccc1)S(=O)(=O)c1ccc(OCC)cc1. The Morgan fingerprint density at radius 3 is 2.18 bits per heavy atom. The number of carbonyl (C=O) groups excluding carboxylic acids is 2. The maximum absolute atomic E-state index is 13.8. The van der Waals surface area contributed by atoms with Crippen LogP contribution in [0.2, 0.25) is 0 Å². The Labute approximate surface area is 239 Å². The number of hydrogen-bond donors (Lipinski definition) is 1. The molecule has 0 spiro atoms. The van der Waals surface area contributed by atoms with Crippen molar-refractivity contribution in [2.24, 2.45) is 0 Å². The van der Waals surface area contributed by atoms with Crippen molar-refractivity contribution in [3.8, 4) is 5.75 Å². The number of nitrogens with one attached hydrogen (secondary N) is 1. The predicted octanol–water partition coefficient (Wildman–Crippen LogP) is 4.99. The molecule has 208 valence electrons. The Hall–Kier alpha value is -3.37. The van der Waals surface area contributed by atoms with Crippen LogP contribution in [0.4, 0.5) is 5.69 Å². The van der Waals surface area contributed by atoms with Crippen molar-refractivity contribution in [3.05, 3.63) is 88.9 Å². The lowest BCUT2D eigenvalue weighted by Gasteiger charge is -2.32. The quantitative estimate of drug-likeness (QED) is 0.292. The molecule has 0 heterocycles. The molecular weight excluding hydrogens is 582 g/mol. The van der Waals surface area contributed by atoms with Gasteiger partial charge in [-0.05, 0) is 74.4 Å². The summed E-state index contributed by atoms with van der Waals surface area (Å²) in [6, 6.07) is 21.1. The number of anilines is 1. The van der Waals surface area contributed by atoms with Gasteiger partial charge in [-0.1, -0.05) is 53.2 Å². The highest BCUT2D eigenvalue weighted by molar-refractivity contribution is 9.10. The van der Waals surface area contributed by atoms with E-state index in [1.54, 1.807) is 49.4 Å². The summed E-state index contributed by atoms with van der Waals surface area (Å²) in [4.78, 5) is 28.2. The zero-order valence-electron chi connectivity index (χ0n) is 22.3. The van der Waals surface area contributed by atoms with Gasteiger partial charge < -0.3 is 15.0 Å². The summed E-state index contributed by atoms with van der Waals surface area (Å²) in [5.41, 5.74) is 1.15. The summed E-state index contributed by atoms with van der Waals surface area (Å²) in [7, 11) is -4.13. The molecule has 0 aromatic heterocycles. The van der Waals surface area contributed by atoms with E-state index in [9.17, 15) is 18.0 Å². The summed E-state index contributed by atoms with van der Waals surface area (Å²) < 4.78 is 35.1. The van der Waals surface area contributed by atoms with Crippen LogP contribution in [0.5, 0.6) is 5.75 Å². The minimum absolute atomic E-state index is 0.0239. The van der Waals surface area contributed by atoms with E-state index >= 15 is 0 Å². The van der Waals surface area contributed by atoms with Gasteiger partial charge in [0.2, 0.25) is 11.8 Å². The number of amides is 2. The third kappa shape index (κ3) is 8.06. The van der Waals surface area contributed by atoms with E-state index in [2.05, 4.69) is 21.2 Å². The molecule has 1 N–H and O–H groups in total. The fourth-order valence-corrected chi connectivity index (χ4v) is 5.57. The van der Waals surface area contributed by atoms with Gasteiger partial charge >= 0.3 is 0 Å². The number of para-hydroxylation sites is 1. The van der Waals surface area contributed by atoms with Crippen LogP contribution in [0.3, 0.4) is 0 Å². The molecule has 0 aliphatic heterocycles. The van der Waals surface area contributed by atoms with Crippen molar-refractivity contribution < 1.29 is 22.7 Å². The zero-order valence-corrected chi connectivity index (χ0v) is 24.7. The molecule has 3 aromatic carbocycles. The van der Waals surface area contributed by atoms with Gasteiger partial charge in [-0.15, -0.1) is 0 Å². The molecule has 0 bridgehead atoms. The van der Waals surface area contributed by atoms with E-state index < -0.39 is 28.5 Å². The van der Waals surface area contributed by atoms with Crippen LogP contribution >= 0.6 is 15.9 Å². The van der Waals surface area contributed by atoms with E-state index in [0.29, 0.717) is 24.6 Å². The predicted molar refractivity (Wildman–Crippen MR) is 156 cm³/mol. The smallest absolute Gasteiger partial charge is 0.264 e. The lowest BCUT2D eigenvalue weighted by Crippen LogP contribution is -2.51. The molecule has 1 unspecified atom stereocenters. The molecule has 0 saturated carbocycles. The number of rotatable bonds is 13. The fourth-order valence-electron chi connectivity index (χ4n) is 3.89. The summed E-state index contributed by atoms with van der Waals surface area (Å²) >= 11 is 3.41.